The van der Waals surface area contributed by atoms with E-state index in [1.165, 1.54) is 5.56 Å². The highest BCUT2D eigenvalue weighted by atomic mass is 32.1. The zero-order valence-corrected chi connectivity index (χ0v) is 14.3. The van der Waals surface area contributed by atoms with Crippen molar-refractivity contribution in [3.05, 3.63) is 70.5 Å². The molecule has 0 unspecified atom stereocenters. The van der Waals surface area contributed by atoms with Crippen molar-refractivity contribution in [3.63, 3.8) is 0 Å². The number of carbonyl (C=O) groups excluding carboxylic acids is 1. The lowest BCUT2D eigenvalue weighted by Gasteiger charge is -2.08. The van der Waals surface area contributed by atoms with E-state index >= 15 is 0 Å². The summed E-state index contributed by atoms with van der Waals surface area (Å²) in [5.74, 6) is 0.714. The molecule has 0 atom stereocenters. The van der Waals surface area contributed by atoms with Crippen LogP contribution in [0.4, 0.5) is 17.2 Å². The van der Waals surface area contributed by atoms with Gasteiger partial charge < -0.3 is 10.6 Å². The van der Waals surface area contributed by atoms with Gasteiger partial charge in [-0.2, -0.15) is 0 Å². The van der Waals surface area contributed by atoms with Crippen LogP contribution in [0.3, 0.4) is 0 Å². The molecule has 3 aromatic rings. The number of amides is 1. The zero-order valence-electron chi connectivity index (χ0n) is 13.5. The normalized spacial score (nSPS) is 10.4. The maximum absolute atomic E-state index is 12.0. The lowest BCUT2D eigenvalue weighted by atomic mass is 10.1. The van der Waals surface area contributed by atoms with Gasteiger partial charge in [0.25, 0.3) is 0 Å². The monoisotopic (exact) mass is 337 g/mol. The summed E-state index contributed by atoms with van der Waals surface area (Å²) in [7, 11) is 0. The molecule has 0 radical (unpaired) electrons. The molecule has 0 bridgehead atoms. The van der Waals surface area contributed by atoms with Gasteiger partial charge in [-0.3, -0.25) is 4.79 Å². The Morgan fingerprint density at radius 2 is 1.88 bits per heavy atom. The topological polar surface area (TPSA) is 54.0 Å². The van der Waals surface area contributed by atoms with E-state index in [9.17, 15) is 4.79 Å². The zero-order chi connectivity index (χ0) is 16.8. The summed E-state index contributed by atoms with van der Waals surface area (Å²) >= 11 is 1.58. The first-order chi connectivity index (χ1) is 11.7. The van der Waals surface area contributed by atoms with Crippen LogP contribution >= 0.6 is 11.3 Å². The van der Waals surface area contributed by atoms with Crippen LogP contribution in [-0.2, 0) is 17.6 Å². The number of carbonyl (C=O) groups is 1. The average molecular weight is 337 g/mol. The van der Waals surface area contributed by atoms with Gasteiger partial charge in [0.15, 0.2) is 0 Å². The third-order valence-corrected chi connectivity index (χ3v) is 4.47. The highest BCUT2D eigenvalue weighted by molar-refractivity contribution is 7.10. The predicted molar refractivity (Wildman–Crippen MR) is 100.0 cm³/mol. The molecule has 0 saturated heterocycles. The molecule has 5 heteroatoms. The molecular formula is C19H19N3OS. The summed E-state index contributed by atoms with van der Waals surface area (Å²) < 4.78 is 0. The Kier molecular flexibility index (Phi) is 5.23. The van der Waals surface area contributed by atoms with E-state index < -0.39 is 0 Å². The number of thiophene rings is 1. The third-order valence-electron chi connectivity index (χ3n) is 3.60. The maximum atomic E-state index is 12.0. The number of hydrogen-bond acceptors (Lipinski definition) is 4. The van der Waals surface area contributed by atoms with Crippen LogP contribution in [0.2, 0.25) is 0 Å². The molecule has 2 aromatic heterocycles. The number of rotatable bonds is 6. The Labute approximate surface area is 145 Å². The van der Waals surface area contributed by atoms with Gasteiger partial charge >= 0.3 is 0 Å². The van der Waals surface area contributed by atoms with Gasteiger partial charge in [0.05, 0.1) is 18.3 Å². The van der Waals surface area contributed by atoms with Gasteiger partial charge in [-0.15, -0.1) is 11.3 Å². The fourth-order valence-corrected chi connectivity index (χ4v) is 2.99. The quantitative estimate of drug-likeness (QED) is 0.689. The Morgan fingerprint density at radius 1 is 1.08 bits per heavy atom. The SMILES string of the molecule is CCc1ccc(Nc2ccc(NC(=O)Cc3cccs3)cn2)cc1. The molecule has 1 amide bonds. The fourth-order valence-electron chi connectivity index (χ4n) is 2.29. The molecule has 0 aliphatic rings. The summed E-state index contributed by atoms with van der Waals surface area (Å²) in [4.78, 5) is 17.4. The molecule has 0 aliphatic heterocycles. The van der Waals surface area contributed by atoms with Crippen LogP contribution in [-0.4, -0.2) is 10.9 Å². The lowest BCUT2D eigenvalue weighted by molar-refractivity contribution is -0.115. The number of nitrogens with zero attached hydrogens (tertiary/aromatic N) is 1. The van der Waals surface area contributed by atoms with E-state index in [1.807, 2.05) is 41.8 Å². The van der Waals surface area contributed by atoms with Crippen LogP contribution < -0.4 is 10.6 Å². The molecular weight excluding hydrogens is 318 g/mol. The second-order valence-electron chi connectivity index (χ2n) is 5.41. The smallest absolute Gasteiger partial charge is 0.229 e. The Bertz CT molecular complexity index is 780. The van der Waals surface area contributed by atoms with Crippen molar-refractivity contribution in [2.75, 3.05) is 10.6 Å². The summed E-state index contributed by atoms with van der Waals surface area (Å²) in [6.45, 7) is 2.13. The number of aryl methyl sites for hydroxylation is 1. The van der Waals surface area contributed by atoms with Gasteiger partial charge in [-0.1, -0.05) is 25.1 Å². The predicted octanol–water partition coefficient (Wildman–Crippen LogP) is 4.63. The highest BCUT2D eigenvalue weighted by Crippen LogP contribution is 2.17. The molecule has 3 rings (SSSR count). The van der Waals surface area contributed by atoms with Crippen molar-refractivity contribution in [2.45, 2.75) is 19.8 Å². The van der Waals surface area contributed by atoms with E-state index in [4.69, 9.17) is 0 Å². The number of aromatic nitrogens is 1. The third kappa shape index (κ3) is 4.43. The summed E-state index contributed by atoms with van der Waals surface area (Å²) in [5.41, 5.74) is 3.00. The van der Waals surface area contributed by atoms with Crippen molar-refractivity contribution in [1.82, 2.24) is 4.98 Å². The van der Waals surface area contributed by atoms with Crippen LogP contribution in [0.1, 0.15) is 17.4 Å². The number of anilines is 3. The van der Waals surface area contributed by atoms with E-state index in [2.05, 4.69) is 34.7 Å². The summed E-state index contributed by atoms with van der Waals surface area (Å²) in [6, 6.07) is 15.9. The first-order valence-electron chi connectivity index (χ1n) is 7.87. The first kappa shape index (κ1) is 16.2. The van der Waals surface area contributed by atoms with Gasteiger partial charge in [-0.05, 0) is 47.7 Å². The number of pyridine rings is 1. The van der Waals surface area contributed by atoms with Crippen molar-refractivity contribution in [2.24, 2.45) is 0 Å². The van der Waals surface area contributed by atoms with Crippen molar-refractivity contribution < 1.29 is 4.79 Å². The average Bonchev–Trinajstić information content (AvgIpc) is 3.10. The van der Waals surface area contributed by atoms with E-state index in [0.29, 0.717) is 12.1 Å². The minimum absolute atomic E-state index is 0.0323. The lowest BCUT2D eigenvalue weighted by Crippen LogP contribution is -2.13. The number of hydrogen-bond donors (Lipinski definition) is 2. The summed E-state index contributed by atoms with van der Waals surface area (Å²) in [5, 5.41) is 8.08. The fraction of sp³-hybridized carbons (Fsp3) is 0.158. The van der Waals surface area contributed by atoms with Crippen LogP contribution in [0.25, 0.3) is 0 Å². The van der Waals surface area contributed by atoms with Gasteiger partial charge in [-0.25, -0.2) is 4.98 Å². The molecule has 0 spiro atoms. The molecule has 2 heterocycles. The maximum Gasteiger partial charge on any atom is 0.229 e. The molecule has 2 N–H and O–H groups in total. The van der Waals surface area contributed by atoms with E-state index in [-0.39, 0.29) is 5.91 Å². The molecule has 122 valence electrons. The van der Waals surface area contributed by atoms with Crippen molar-refractivity contribution in [1.29, 1.82) is 0 Å². The minimum Gasteiger partial charge on any atom is -0.340 e. The van der Waals surface area contributed by atoms with Gasteiger partial charge in [0, 0.05) is 10.6 Å². The molecule has 24 heavy (non-hydrogen) atoms. The van der Waals surface area contributed by atoms with E-state index in [1.54, 1.807) is 17.5 Å². The molecule has 0 fully saturated rings. The second-order valence-corrected chi connectivity index (χ2v) is 6.44. The Morgan fingerprint density at radius 3 is 2.50 bits per heavy atom. The highest BCUT2D eigenvalue weighted by Gasteiger charge is 2.05. The largest absolute Gasteiger partial charge is 0.340 e. The Hall–Kier alpha value is -2.66. The van der Waals surface area contributed by atoms with Crippen molar-refractivity contribution in [3.8, 4) is 0 Å². The minimum atomic E-state index is -0.0323. The molecule has 1 aromatic carbocycles. The molecule has 0 aliphatic carbocycles. The number of nitrogens with one attached hydrogen (secondary N) is 2. The first-order valence-corrected chi connectivity index (χ1v) is 8.75. The van der Waals surface area contributed by atoms with Crippen LogP contribution in [0.5, 0.6) is 0 Å². The molecule has 4 nitrogen and oxygen atoms in total. The van der Waals surface area contributed by atoms with E-state index in [0.717, 1.165) is 22.8 Å². The van der Waals surface area contributed by atoms with Gasteiger partial charge in [0.2, 0.25) is 5.91 Å². The van der Waals surface area contributed by atoms with Crippen LogP contribution in [0.15, 0.2) is 60.1 Å². The number of benzene rings is 1. The second kappa shape index (κ2) is 7.75. The summed E-state index contributed by atoms with van der Waals surface area (Å²) in [6.07, 6.45) is 3.08. The van der Waals surface area contributed by atoms with Gasteiger partial charge in [0.1, 0.15) is 5.82 Å². The Balaban J connectivity index is 1.57. The standard InChI is InChI=1S/C19H19N3OS/c1-2-14-5-7-15(8-6-14)21-18-10-9-16(13-20-18)22-19(23)12-17-4-3-11-24-17/h3-11,13H,2,12H2,1H3,(H,20,21)(H,22,23). The van der Waals surface area contributed by atoms with Crippen LogP contribution in [0, 0.1) is 0 Å². The molecule has 0 saturated carbocycles. The van der Waals surface area contributed by atoms with Crippen molar-refractivity contribution >= 4 is 34.4 Å².